The third-order valence-corrected chi connectivity index (χ3v) is 6.55. The molecule has 0 atom stereocenters. The fourth-order valence-electron chi connectivity index (χ4n) is 3.07. The number of rotatable bonds is 5. The van der Waals surface area contributed by atoms with Crippen molar-refractivity contribution in [3.8, 4) is 0 Å². The van der Waals surface area contributed by atoms with Gasteiger partial charge in [0.25, 0.3) is 21.7 Å². The summed E-state index contributed by atoms with van der Waals surface area (Å²) in [5, 5.41) is 3.09. The molecule has 0 spiro atoms. The second-order valence-electron chi connectivity index (χ2n) is 6.49. The monoisotopic (exact) mass is 473 g/mol. The van der Waals surface area contributed by atoms with E-state index in [1.165, 1.54) is 48.8 Å². The summed E-state index contributed by atoms with van der Waals surface area (Å²) in [5.74, 6) is -1.79. The van der Waals surface area contributed by atoms with Crippen molar-refractivity contribution < 1.29 is 18.0 Å². The predicted octanol–water partition coefficient (Wildman–Crippen LogP) is 4.40. The van der Waals surface area contributed by atoms with Crippen LogP contribution in [0.15, 0.2) is 78.1 Å². The van der Waals surface area contributed by atoms with E-state index in [2.05, 4.69) is 10.3 Å². The quantitative estimate of drug-likeness (QED) is 0.342. The van der Waals surface area contributed by atoms with Gasteiger partial charge in [-0.15, -0.1) is 0 Å². The van der Waals surface area contributed by atoms with Gasteiger partial charge in [0.05, 0.1) is 16.0 Å². The molecule has 0 unspecified atom stereocenters. The molecule has 156 valence electrons. The molecule has 2 aromatic carbocycles. The standard InChI is InChI=1S/C21H13Cl2N3O4S/c22-13-9-14(23)11-16(10-13)31(29,30)26-12-18(17-3-1-2-4-19(17)26)20(27)21(28)25-15-5-7-24-8-6-15/h1-12H,(H,24,25,28). The van der Waals surface area contributed by atoms with E-state index in [1.807, 2.05) is 0 Å². The van der Waals surface area contributed by atoms with Crippen molar-refractivity contribution in [1.82, 2.24) is 8.96 Å². The Bertz CT molecular complexity index is 1410. The Labute approximate surface area is 187 Å². The van der Waals surface area contributed by atoms with Gasteiger partial charge in [0.1, 0.15) is 0 Å². The molecular formula is C21H13Cl2N3O4S. The number of pyridine rings is 1. The summed E-state index contributed by atoms with van der Waals surface area (Å²) in [7, 11) is -4.15. The second-order valence-corrected chi connectivity index (χ2v) is 9.17. The van der Waals surface area contributed by atoms with E-state index in [-0.39, 0.29) is 26.0 Å². The lowest BCUT2D eigenvalue weighted by molar-refractivity contribution is -0.112. The lowest BCUT2D eigenvalue weighted by Crippen LogP contribution is -2.22. The Kier molecular flexibility index (Phi) is 5.53. The van der Waals surface area contributed by atoms with Crippen LogP contribution in [0.25, 0.3) is 10.9 Å². The van der Waals surface area contributed by atoms with Crippen molar-refractivity contribution in [2.24, 2.45) is 0 Å². The molecule has 0 saturated heterocycles. The van der Waals surface area contributed by atoms with E-state index < -0.39 is 21.7 Å². The lowest BCUT2D eigenvalue weighted by atomic mass is 10.1. The van der Waals surface area contributed by atoms with Gasteiger partial charge in [-0.25, -0.2) is 12.4 Å². The molecule has 4 aromatic rings. The van der Waals surface area contributed by atoms with Crippen LogP contribution < -0.4 is 5.32 Å². The fourth-order valence-corrected chi connectivity index (χ4v) is 5.16. The predicted molar refractivity (Wildman–Crippen MR) is 118 cm³/mol. The van der Waals surface area contributed by atoms with E-state index in [1.54, 1.807) is 18.2 Å². The van der Waals surface area contributed by atoms with Crippen LogP contribution in [0.4, 0.5) is 5.69 Å². The maximum absolute atomic E-state index is 13.3. The number of halogens is 2. The van der Waals surface area contributed by atoms with Gasteiger partial charge in [-0.2, -0.15) is 0 Å². The summed E-state index contributed by atoms with van der Waals surface area (Å²) in [6.45, 7) is 0. The molecule has 0 bridgehead atoms. The van der Waals surface area contributed by atoms with E-state index in [0.717, 1.165) is 10.2 Å². The van der Waals surface area contributed by atoms with Gasteiger partial charge in [0.2, 0.25) is 0 Å². The number of nitrogens with zero attached hydrogens (tertiary/aromatic N) is 2. The lowest BCUT2D eigenvalue weighted by Gasteiger charge is -2.08. The number of hydrogen-bond acceptors (Lipinski definition) is 5. The number of fused-ring (bicyclic) bond motifs is 1. The Morgan fingerprint density at radius 3 is 2.26 bits per heavy atom. The number of para-hydroxylation sites is 1. The fraction of sp³-hybridized carbons (Fsp3) is 0. The normalized spacial score (nSPS) is 11.4. The zero-order valence-electron chi connectivity index (χ0n) is 15.6. The van der Waals surface area contributed by atoms with Crippen molar-refractivity contribution in [2.75, 3.05) is 5.32 Å². The van der Waals surface area contributed by atoms with Gasteiger partial charge < -0.3 is 5.32 Å². The first kappa shape index (κ1) is 21.0. The number of carbonyl (C=O) groups is 2. The number of aromatic nitrogens is 2. The maximum Gasteiger partial charge on any atom is 0.296 e. The number of nitrogens with one attached hydrogen (secondary N) is 1. The summed E-state index contributed by atoms with van der Waals surface area (Å²) < 4.78 is 27.5. The zero-order chi connectivity index (χ0) is 22.2. The second kappa shape index (κ2) is 8.14. The first-order chi connectivity index (χ1) is 14.8. The molecule has 4 rings (SSSR count). The SMILES string of the molecule is O=C(Nc1ccncc1)C(=O)c1cn(S(=O)(=O)c2cc(Cl)cc(Cl)c2)c2ccccc12. The van der Waals surface area contributed by atoms with Crippen molar-refractivity contribution in [3.05, 3.63) is 88.8 Å². The van der Waals surface area contributed by atoms with Crippen LogP contribution in [0.2, 0.25) is 10.0 Å². The molecule has 1 N–H and O–H groups in total. The molecule has 10 heteroatoms. The van der Waals surface area contributed by atoms with Crippen LogP contribution in [-0.2, 0) is 14.8 Å². The van der Waals surface area contributed by atoms with Gasteiger partial charge >= 0.3 is 0 Å². The number of anilines is 1. The first-order valence-electron chi connectivity index (χ1n) is 8.85. The number of hydrogen-bond donors (Lipinski definition) is 1. The summed E-state index contributed by atoms with van der Waals surface area (Å²) in [6.07, 6.45) is 4.06. The number of carbonyl (C=O) groups excluding carboxylic acids is 2. The number of amides is 1. The molecule has 0 aliphatic rings. The van der Waals surface area contributed by atoms with E-state index in [0.29, 0.717) is 11.1 Å². The van der Waals surface area contributed by atoms with Crippen molar-refractivity contribution in [3.63, 3.8) is 0 Å². The third-order valence-electron chi connectivity index (χ3n) is 4.46. The summed E-state index contributed by atoms with van der Waals surface area (Å²) >= 11 is 11.9. The van der Waals surface area contributed by atoms with Crippen molar-refractivity contribution in [2.45, 2.75) is 4.90 Å². The Morgan fingerprint density at radius 2 is 1.58 bits per heavy atom. The Balaban J connectivity index is 1.81. The average Bonchev–Trinajstić information content (AvgIpc) is 3.13. The summed E-state index contributed by atoms with van der Waals surface area (Å²) in [4.78, 5) is 29.1. The molecule has 0 aliphatic carbocycles. The summed E-state index contributed by atoms with van der Waals surface area (Å²) in [5.41, 5.74) is 0.566. The van der Waals surface area contributed by atoms with Crippen molar-refractivity contribution >= 4 is 61.5 Å². The highest BCUT2D eigenvalue weighted by Crippen LogP contribution is 2.29. The largest absolute Gasteiger partial charge is 0.319 e. The minimum atomic E-state index is -4.15. The topological polar surface area (TPSA) is 98.1 Å². The van der Waals surface area contributed by atoms with Crippen LogP contribution >= 0.6 is 23.2 Å². The molecular weight excluding hydrogens is 461 g/mol. The maximum atomic E-state index is 13.3. The van der Waals surface area contributed by atoms with Gasteiger partial charge in [0, 0.05) is 39.7 Å². The highest BCUT2D eigenvalue weighted by molar-refractivity contribution is 7.90. The van der Waals surface area contributed by atoms with Crippen LogP contribution in [0.5, 0.6) is 0 Å². The molecule has 0 aliphatic heterocycles. The van der Waals surface area contributed by atoms with Gasteiger partial charge in [-0.1, -0.05) is 41.4 Å². The minimum absolute atomic E-state index is 0.0566. The first-order valence-corrected chi connectivity index (χ1v) is 11.0. The molecule has 0 fully saturated rings. The third kappa shape index (κ3) is 4.05. The Hall–Kier alpha value is -3.20. The number of ketones is 1. The average molecular weight is 474 g/mol. The zero-order valence-corrected chi connectivity index (χ0v) is 17.9. The highest BCUT2D eigenvalue weighted by Gasteiger charge is 2.27. The molecule has 7 nitrogen and oxygen atoms in total. The van der Waals surface area contributed by atoms with Crippen molar-refractivity contribution in [1.29, 1.82) is 0 Å². The Morgan fingerprint density at radius 1 is 0.935 bits per heavy atom. The van der Waals surface area contributed by atoms with Crippen LogP contribution in [0.1, 0.15) is 10.4 Å². The van der Waals surface area contributed by atoms with E-state index >= 15 is 0 Å². The molecule has 2 heterocycles. The van der Waals surface area contributed by atoms with Gasteiger partial charge in [-0.05, 0) is 36.4 Å². The van der Waals surface area contributed by atoms with Crippen LogP contribution in [0, 0.1) is 0 Å². The smallest absolute Gasteiger partial charge is 0.296 e. The molecule has 31 heavy (non-hydrogen) atoms. The highest BCUT2D eigenvalue weighted by atomic mass is 35.5. The molecule has 0 saturated carbocycles. The van der Waals surface area contributed by atoms with Gasteiger partial charge in [-0.3, -0.25) is 14.6 Å². The minimum Gasteiger partial charge on any atom is -0.319 e. The van der Waals surface area contributed by atoms with Crippen LogP contribution in [-0.4, -0.2) is 29.1 Å². The van der Waals surface area contributed by atoms with E-state index in [9.17, 15) is 18.0 Å². The summed E-state index contributed by atoms with van der Waals surface area (Å²) in [6, 6.07) is 13.4. The number of benzene rings is 2. The van der Waals surface area contributed by atoms with E-state index in [4.69, 9.17) is 23.2 Å². The van der Waals surface area contributed by atoms with Gasteiger partial charge in [0.15, 0.2) is 0 Å². The number of Topliss-reactive ketones (excluding diaryl/α,β-unsaturated/α-hetero) is 1. The molecule has 1 amide bonds. The molecule has 2 aromatic heterocycles. The van der Waals surface area contributed by atoms with Crippen LogP contribution in [0.3, 0.4) is 0 Å². The molecule has 0 radical (unpaired) electrons.